The minimum absolute atomic E-state index is 0.0203. The molecule has 170 valence electrons. The molecule has 1 heterocycles. The lowest BCUT2D eigenvalue weighted by Gasteiger charge is -2.30. The van der Waals surface area contributed by atoms with Crippen LogP contribution in [0.4, 0.5) is 17.2 Å². The number of hydrogen-bond donors (Lipinski definition) is 2. The van der Waals surface area contributed by atoms with Crippen molar-refractivity contribution in [1.29, 1.82) is 0 Å². The Bertz CT molecular complexity index is 1020. The number of likely N-dealkylation sites (N-methyl/N-ethyl adjacent to an activating group) is 1. The monoisotopic (exact) mass is 429 g/mol. The Kier molecular flexibility index (Phi) is 8.08. The van der Waals surface area contributed by atoms with Crippen LogP contribution in [0.2, 0.25) is 0 Å². The quantitative estimate of drug-likeness (QED) is 0.638. The maximum Gasteiger partial charge on any atom is 0.330 e. The topological polar surface area (TPSA) is 104 Å². The van der Waals surface area contributed by atoms with Crippen molar-refractivity contribution in [2.75, 3.05) is 35.2 Å². The fourth-order valence-corrected chi connectivity index (χ4v) is 3.70. The van der Waals surface area contributed by atoms with Gasteiger partial charge in [0.15, 0.2) is 0 Å². The third-order valence-corrected chi connectivity index (χ3v) is 5.01. The Morgan fingerprint density at radius 3 is 2.32 bits per heavy atom. The number of aromatic nitrogens is 2. The number of nitrogens with one attached hydrogen (secondary N) is 1. The van der Waals surface area contributed by atoms with Crippen molar-refractivity contribution >= 4 is 23.1 Å². The molecule has 0 radical (unpaired) electrons. The van der Waals surface area contributed by atoms with E-state index in [0.29, 0.717) is 19.6 Å². The summed E-state index contributed by atoms with van der Waals surface area (Å²) in [5, 5.41) is 0. The predicted octanol–water partition coefficient (Wildman–Crippen LogP) is 2.60. The van der Waals surface area contributed by atoms with Gasteiger partial charge in [-0.3, -0.25) is 19.1 Å². The third kappa shape index (κ3) is 5.77. The highest BCUT2D eigenvalue weighted by atomic mass is 16.2. The van der Waals surface area contributed by atoms with Gasteiger partial charge in [-0.05, 0) is 37.3 Å². The molecule has 1 aromatic carbocycles. The first-order valence-corrected chi connectivity index (χ1v) is 10.8. The van der Waals surface area contributed by atoms with Crippen molar-refractivity contribution in [3.63, 3.8) is 0 Å². The van der Waals surface area contributed by atoms with Gasteiger partial charge in [-0.25, -0.2) is 4.79 Å². The van der Waals surface area contributed by atoms with E-state index in [9.17, 15) is 14.4 Å². The van der Waals surface area contributed by atoms with Crippen LogP contribution in [0.25, 0.3) is 0 Å². The lowest BCUT2D eigenvalue weighted by molar-refractivity contribution is -0.117. The summed E-state index contributed by atoms with van der Waals surface area (Å²) in [5.41, 5.74) is 7.20. The van der Waals surface area contributed by atoms with Crippen LogP contribution in [0.3, 0.4) is 0 Å². The number of hydrogen-bond acceptors (Lipinski definition) is 5. The van der Waals surface area contributed by atoms with E-state index in [2.05, 4.69) is 4.98 Å². The van der Waals surface area contributed by atoms with Gasteiger partial charge < -0.3 is 15.5 Å². The molecule has 31 heavy (non-hydrogen) atoms. The molecule has 0 atom stereocenters. The number of nitrogens with zero attached hydrogens (tertiary/aromatic N) is 3. The molecular formula is C23H35N5O3. The molecule has 0 saturated heterocycles. The number of carbonyl (C=O) groups is 1. The molecule has 0 aliphatic heterocycles. The van der Waals surface area contributed by atoms with E-state index in [1.165, 1.54) is 4.57 Å². The summed E-state index contributed by atoms with van der Waals surface area (Å²) in [6, 6.07) is 7.70. The molecule has 1 amide bonds. The molecule has 3 N–H and O–H groups in total. The van der Waals surface area contributed by atoms with Gasteiger partial charge in [0, 0.05) is 25.3 Å². The van der Waals surface area contributed by atoms with Crippen LogP contribution < -0.4 is 26.8 Å². The first-order valence-electron chi connectivity index (χ1n) is 10.8. The number of nitrogens with two attached hydrogens (primary N) is 1. The number of amides is 1. The number of aromatic amines is 1. The van der Waals surface area contributed by atoms with Crippen LogP contribution in [-0.2, 0) is 11.3 Å². The Morgan fingerprint density at radius 1 is 1.13 bits per heavy atom. The molecule has 0 fully saturated rings. The molecule has 0 aliphatic rings. The predicted molar refractivity (Wildman–Crippen MR) is 127 cm³/mol. The van der Waals surface area contributed by atoms with Gasteiger partial charge in [0.2, 0.25) is 5.91 Å². The normalized spacial score (nSPS) is 11.2. The van der Waals surface area contributed by atoms with Crippen molar-refractivity contribution in [2.45, 2.75) is 48.1 Å². The molecule has 8 heteroatoms. The van der Waals surface area contributed by atoms with Gasteiger partial charge in [-0.2, -0.15) is 0 Å². The molecule has 0 saturated carbocycles. The first kappa shape index (κ1) is 24.2. The molecule has 0 bridgehead atoms. The van der Waals surface area contributed by atoms with Gasteiger partial charge in [0.25, 0.3) is 5.56 Å². The van der Waals surface area contributed by atoms with Gasteiger partial charge in [-0.15, -0.1) is 0 Å². The van der Waals surface area contributed by atoms with E-state index >= 15 is 0 Å². The summed E-state index contributed by atoms with van der Waals surface area (Å²) in [6.45, 7) is 13.1. The minimum atomic E-state index is -0.574. The van der Waals surface area contributed by atoms with Crippen LogP contribution >= 0.6 is 0 Å². The molecule has 2 rings (SSSR count). The highest BCUT2D eigenvalue weighted by molar-refractivity contribution is 5.97. The number of rotatable bonds is 9. The second-order valence-electron chi connectivity index (χ2n) is 8.70. The molecular weight excluding hydrogens is 394 g/mol. The average Bonchev–Trinajstić information content (AvgIpc) is 2.66. The van der Waals surface area contributed by atoms with Crippen LogP contribution in [0.5, 0.6) is 0 Å². The minimum Gasteiger partial charge on any atom is -0.383 e. The van der Waals surface area contributed by atoms with E-state index in [1.807, 2.05) is 65.8 Å². The fourth-order valence-electron chi connectivity index (χ4n) is 3.70. The summed E-state index contributed by atoms with van der Waals surface area (Å²) in [5.74, 6) is 0.286. The summed E-state index contributed by atoms with van der Waals surface area (Å²) < 4.78 is 1.37. The average molecular weight is 430 g/mol. The second kappa shape index (κ2) is 10.3. The maximum absolute atomic E-state index is 13.3. The van der Waals surface area contributed by atoms with Crippen molar-refractivity contribution in [1.82, 2.24) is 9.55 Å². The number of benzene rings is 1. The molecule has 0 unspecified atom stereocenters. The summed E-state index contributed by atoms with van der Waals surface area (Å²) in [6.07, 6.45) is 0. The SMILES string of the molecule is CCN(C(=O)CN(CC(C)C)c1c(N)n(CC(C)C)c(=O)[nH]c1=O)c1ccccc1C. The van der Waals surface area contributed by atoms with E-state index < -0.39 is 11.2 Å². The van der Waals surface area contributed by atoms with Crippen molar-refractivity contribution in [3.05, 3.63) is 50.7 Å². The lowest BCUT2D eigenvalue weighted by atomic mass is 10.1. The van der Waals surface area contributed by atoms with Gasteiger partial charge in [0.1, 0.15) is 11.5 Å². The molecule has 0 aliphatic carbocycles. The first-order chi connectivity index (χ1) is 14.6. The van der Waals surface area contributed by atoms with E-state index in [4.69, 9.17) is 5.73 Å². The molecule has 1 aromatic heterocycles. The van der Waals surface area contributed by atoms with Gasteiger partial charge in [-0.1, -0.05) is 45.9 Å². The van der Waals surface area contributed by atoms with Gasteiger partial charge >= 0.3 is 5.69 Å². The standard InChI is InChI=1S/C23H35N5O3/c1-7-27(18-11-9-8-10-17(18)6)19(29)14-26(12-15(2)3)20-21(24)28(13-16(4)5)23(31)25-22(20)30/h8-11,15-16H,7,12-14,24H2,1-6H3,(H,25,30,31). The van der Waals surface area contributed by atoms with Crippen molar-refractivity contribution in [3.8, 4) is 0 Å². The van der Waals surface area contributed by atoms with E-state index in [1.54, 1.807) is 9.80 Å². The third-order valence-electron chi connectivity index (χ3n) is 5.01. The van der Waals surface area contributed by atoms with E-state index in [0.717, 1.165) is 11.3 Å². The number of para-hydroxylation sites is 1. The zero-order chi connectivity index (χ0) is 23.3. The van der Waals surface area contributed by atoms with Gasteiger partial charge in [0.05, 0.1) is 6.54 Å². The lowest BCUT2D eigenvalue weighted by Crippen LogP contribution is -2.46. The summed E-state index contributed by atoms with van der Waals surface area (Å²) in [4.78, 5) is 44.2. The zero-order valence-electron chi connectivity index (χ0n) is 19.4. The Labute approximate surface area is 183 Å². The summed E-state index contributed by atoms with van der Waals surface area (Å²) in [7, 11) is 0. The maximum atomic E-state index is 13.3. The Hall–Kier alpha value is -3.03. The van der Waals surface area contributed by atoms with Crippen LogP contribution in [0, 0.1) is 18.8 Å². The number of nitrogen functional groups attached to an aromatic ring is 1. The molecule has 0 spiro atoms. The number of aryl methyl sites for hydroxylation is 1. The largest absolute Gasteiger partial charge is 0.383 e. The molecule has 8 nitrogen and oxygen atoms in total. The zero-order valence-corrected chi connectivity index (χ0v) is 19.4. The van der Waals surface area contributed by atoms with Crippen LogP contribution in [-0.4, -0.2) is 35.1 Å². The number of anilines is 3. The smallest absolute Gasteiger partial charge is 0.330 e. The van der Waals surface area contributed by atoms with E-state index in [-0.39, 0.29) is 35.8 Å². The Morgan fingerprint density at radius 2 is 1.77 bits per heavy atom. The van der Waals surface area contributed by atoms with Crippen LogP contribution in [0.15, 0.2) is 33.9 Å². The second-order valence-corrected chi connectivity index (χ2v) is 8.70. The molecule has 2 aromatic rings. The Balaban J connectivity index is 2.49. The number of H-pyrrole nitrogens is 1. The number of carbonyl (C=O) groups excluding carboxylic acids is 1. The van der Waals surface area contributed by atoms with Crippen molar-refractivity contribution in [2.24, 2.45) is 11.8 Å². The highest BCUT2D eigenvalue weighted by Gasteiger charge is 2.25. The highest BCUT2D eigenvalue weighted by Crippen LogP contribution is 2.22. The van der Waals surface area contributed by atoms with Crippen molar-refractivity contribution < 1.29 is 4.79 Å². The summed E-state index contributed by atoms with van der Waals surface area (Å²) >= 11 is 0. The fraction of sp³-hybridized carbons (Fsp3) is 0.522. The van der Waals surface area contributed by atoms with Crippen LogP contribution in [0.1, 0.15) is 40.2 Å².